The Kier molecular flexibility index (Phi) is 8.39. The Balaban J connectivity index is 2.29. The number of para-hydroxylation sites is 1. The molecule has 0 fully saturated rings. The van der Waals surface area contributed by atoms with Gasteiger partial charge in [0.05, 0.1) is 17.9 Å². The fraction of sp³-hybridized carbons (Fsp3) is 0.542. The van der Waals surface area contributed by atoms with E-state index in [1.807, 2.05) is 51.1 Å². The number of carbonyl (C=O) groups is 2. The maximum atomic E-state index is 12.9. The minimum atomic E-state index is -0.249. The maximum absolute atomic E-state index is 12.9. The van der Waals surface area contributed by atoms with Crippen LogP contribution in [0.25, 0.3) is 5.69 Å². The first-order chi connectivity index (χ1) is 14.5. The lowest BCUT2D eigenvalue weighted by Crippen LogP contribution is -2.41. The van der Waals surface area contributed by atoms with Crippen molar-refractivity contribution in [3.05, 3.63) is 41.6 Å². The van der Waals surface area contributed by atoms with Gasteiger partial charge in [0, 0.05) is 37.7 Å². The van der Waals surface area contributed by atoms with Gasteiger partial charge < -0.3 is 15.0 Å². The number of hydrogen-bond acceptors (Lipinski definition) is 4. The average molecular weight is 429 g/mol. The number of methoxy groups -OCH3 is 1. The Bertz CT molecular complexity index is 896. The lowest BCUT2D eigenvalue weighted by atomic mass is 9.92. The average Bonchev–Trinajstić information content (AvgIpc) is 3.11. The van der Waals surface area contributed by atoms with Gasteiger partial charge in [0.15, 0.2) is 0 Å². The van der Waals surface area contributed by atoms with Gasteiger partial charge in [-0.1, -0.05) is 52.8 Å². The number of aromatic nitrogens is 2. The molecule has 2 amide bonds. The minimum absolute atomic E-state index is 0.00939. The summed E-state index contributed by atoms with van der Waals surface area (Å²) in [6.45, 7) is 13.0. The van der Waals surface area contributed by atoms with E-state index in [2.05, 4.69) is 26.1 Å². The highest BCUT2D eigenvalue weighted by molar-refractivity contribution is 5.94. The van der Waals surface area contributed by atoms with E-state index in [-0.39, 0.29) is 29.7 Å². The predicted molar refractivity (Wildman–Crippen MR) is 124 cm³/mol. The molecule has 1 aromatic heterocycles. The molecule has 0 saturated heterocycles. The van der Waals surface area contributed by atoms with Crippen LogP contribution in [-0.4, -0.2) is 53.3 Å². The quantitative estimate of drug-likeness (QED) is 0.614. The lowest BCUT2D eigenvalue weighted by molar-refractivity contribution is -0.137. The van der Waals surface area contributed by atoms with Crippen LogP contribution in [0.1, 0.15) is 52.3 Å². The molecule has 0 bridgehead atoms. The van der Waals surface area contributed by atoms with Gasteiger partial charge >= 0.3 is 0 Å². The molecule has 1 N–H and O–H groups in total. The first kappa shape index (κ1) is 24.6. The summed E-state index contributed by atoms with van der Waals surface area (Å²) < 4.78 is 6.86. The summed E-state index contributed by atoms with van der Waals surface area (Å²) in [4.78, 5) is 27.1. The van der Waals surface area contributed by atoms with Crippen molar-refractivity contribution in [3.8, 4) is 5.69 Å². The molecule has 2 aromatic rings. The topological polar surface area (TPSA) is 76.5 Å². The fourth-order valence-electron chi connectivity index (χ4n) is 3.21. The molecular formula is C24H36N4O3. The third-order valence-corrected chi connectivity index (χ3v) is 5.01. The van der Waals surface area contributed by atoms with E-state index in [4.69, 9.17) is 9.84 Å². The van der Waals surface area contributed by atoms with Crippen LogP contribution in [0.15, 0.2) is 30.3 Å². The third-order valence-electron chi connectivity index (χ3n) is 5.01. The van der Waals surface area contributed by atoms with Gasteiger partial charge in [-0.05, 0) is 25.0 Å². The molecule has 2 rings (SSSR count). The highest BCUT2D eigenvalue weighted by Gasteiger charge is 2.24. The molecule has 7 nitrogen and oxygen atoms in total. The summed E-state index contributed by atoms with van der Waals surface area (Å²) in [5.41, 5.74) is 2.66. The number of ether oxygens (including phenoxy) is 1. The second-order valence-electron chi connectivity index (χ2n) is 9.17. The molecule has 7 heteroatoms. The highest BCUT2D eigenvalue weighted by Crippen LogP contribution is 2.27. The normalized spacial score (nSPS) is 11.6. The molecule has 0 aliphatic carbocycles. The summed E-state index contributed by atoms with van der Waals surface area (Å²) in [6, 6.07) is 9.82. The molecule has 0 atom stereocenters. The van der Waals surface area contributed by atoms with Crippen molar-refractivity contribution in [2.75, 3.05) is 32.1 Å². The summed E-state index contributed by atoms with van der Waals surface area (Å²) >= 11 is 0. The molecule has 31 heavy (non-hydrogen) atoms. The molecule has 0 saturated carbocycles. The Morgan fingerprint density at radius 2 is 1.90 bits per heavy atom. The molecule has 0 unspecified atom stereocenters. The maximum Gasteiger partial charge on any atom is 0.245 e. The number of carbonyl (C=O) groups excluding carboxylic acids is 2. The molecule has 0 radical (unpaired) electrons. The van der Waals surface area contributed by atoms with E-state index in [1.54, 1.807) is 16.7 Å². The van der Waals surface area contributed by atoms with Gasteiger partial charge in [0.2, 0.25) is 11.8 Å². The van der Waals surface area contributed by atoms with Gasteiger partial charge in [0.1, 0.15) is 5.82 Å². The Hall–Kier alpha value is -2.67. The SMILES string of the molecule is COCCCN(CC(=O)Nc1cc(C(C)(C)C)nn1-c1ccccc1C)C(=O)C(C)C. The highest BCUT2D eigenvalue weighted by atomic mass is 16.5. The van der Waals surface area contributed by atoms with Crippen LogP contribution < -0.4 is 5.32 Å². The second-order valence-corrected chi connectivity index (χ2v) is 9.17. The predicted octanol–water partition coefficient (Wildman–Crippen LogP) is 3.94. The van der Waals surface area contributed by atoms with Crippen LogP contribution in [0.5, 0.6) is 0 Å². The molecule has 0 aliphatic heterocycles. The largest absolute Gasteiger partial charge is 0.385 e. The van der Waals surface area contributed by atoms with Gasteiger partial charge in [-0.15, -0.1) is 0 Å². The number of benzene rings is 1. The van der Waals surface area contributed by atoms with Crippen LogP contribution in [0.4, 0.5) is 5.82 Å². The fourth-order valence-corrected chi connectivity index (χ4v) is 3.21. The number of amides is 2. The summed E-state index contributed by atoms with van der Waals surface area (Å²) in [5, 5.41) is 7.75. The summed E-state index contributed by atoms with van der Waals surface area (Å²) in [7, 11) is 1.63. The van der Waals surface area contributed by atoms with E-state index in [9.17, 15) is 9.59 Å². The van der Waals surface area contributed by atoms with Crippen molar-refractivity contribution in [1.82, 2.24) is 14.7 Å². The Labute approximate surface area is 185 Å². The zero-order valence-corrected chi connectivity index (χ0v) is 19.9. The van der Waals surface area contributed by atoms with Crippen molar-refractivity contribution < 1.29 is 14.3 Å². The summed E-state index contributed by atoms with van der Waals surface area (Å²) in [6.07, 6.45) is 0.678. The second kappa shape index (κ2) is 10.6. The molecule has 0 aliphatic rings. The lowest BCUT2D eigenvalue weighted by Gasteiger charge is -2.24. The van der Waals surface area contributed by atoms with Gasteiger partial charge in [0.25, 0.3) is 0 Å². The van der Waals surface area contributed by atoms with Gasteiger partial charge in [-0.2, -0.15) is 5.10 Å². The molecule has 170 valence electrons. The van der Waals surface area contributed by atoms with E-state index >= 15 is 0 Å². The van der Waals surface area contributed by atoms with E-state index in [0.717, 1.165) is 16.9 Å². The van der Waals surface area contributed by atoms with Crippen molar-refractivity contribution in [3.63, 3.8) is 0 Å². The number of anilines is 1. The van der Waals surface area contributed by atoms with Crippen molar-refractivity contribution in [1.29, 1.82) is 0 Å². The molecule has 1 heterocycles. The number of nitrogens with one attached hydrogen (secondary N) is 1. The number of hydrogen-bond donors (Lipinski definition) is 1. The van der Waals surface area contributed by atoms with E-state index in [0.29, 0.717) is 25.4 Å². The molecule has 1 aromatic carbocycles. The Morgan fingerprint density at radius 1 is 1.23 bits per heavy atom. The van der Waals surface area contributed by atoms with Crippen LogP contribution >= 0.6 is 0 Å². The van der Waals surface area contributed by atoms with Crippen LogP contribution in [0.3, 0.4) is 0 Å². The minimum Gasteiger partial charge on any atom is -0.385 e. The first-order valence-electron chi connectivity index (χ1n) is 10.8. The smallest absolute Gasteiger partial charge is 0.245 e. The number of nitrogens with zero attached hydrogens (tertiary/aromatic N) is 3. The van der Waals surface area contributed by atoms with Crippen LogP contribution in [-0.2, 0) is 19.7 Å². The van der Waals surface area contributed by atoms with Crippen LogP contribution in [0, 0.1) is 12.8 Å². The zero-order chi connectivity index (χ0) is 23.2. The number of aryl methyl sites for hydroxylation is 1. The monoisotopic (exact) mass is 428 g/mol. The van der Waals surface area contributed by atoms with E-state index < -0.39 is 0 Å². The standard InChI is InChI=1S/C24H36N4O3/c1-17(2)23(30)27(13-10-14-31-7)16-22(29)25-21-15-20(24(4,5)6)26-28(21)19-12-9-8-11-18(19)3/h8-9,11-12,15,17H,10,13-14,16H2,1-7H3,(H,25,29). The summed E-state index contributed by atoms with van der Waals surface area (Å²) in [5.74, 6) is 0.119. The van der Waals surface area contributed by atoms with Crippen molar-refractivity contribution >= 4 is 17.6 Å². The number of rotatable bonds is 9. The molecular weight excluding hydrogens is 392 g/mol. The van der Waals surface area contributed by atoms with E-state index in [1.165, 1.54) is 0 Å². The Morgan fingerprint density at radius 3 is 2.48 bits per heavy atom. The van der Waals surface area contributed by atoms with Crippen molar-refractivity contribution in [2.45, 2.75) is 53.4 Å². The van der Waals surface area contributed by atoms with Crippen LogP contribution in [0.2, 0.25) is 0 Å². The third kappa shape index (κ3) is 6.66. The first-order valence-corrected chi connectivity index (χ1v) is 10.8. The van der Waals surface area contributed by atoms with Gasteiger partial charge in [-0.3, -0.25) is 9.59 Å². The zero-order valence-electron chi connectivity index (χ0n) is 19.9. The van der Waals surface area contributed by atoms with Gasteiger partial charge in [-0.25, -0.2) is 4.68 Å². The van der Waals surface area contributed by atoms with Crippen molar-refractivity contribution in [2.24, 2.45) is 5.92 Å². The molecule has 0 spiro atoms.